The molecular formula is C16H19F3N6. The van der Waals surface area contributed by atoms with Gasteiger partial charge in [0.1, 0.15) is 5.69 Å². The third-order valence-electron chi connectivity index (χ3n) is 4.31. The topological polar surface area (TPSA) is 58.0 Å². The number of halogens is 3. The van der Waals surface area contributed by atoms with E-state index >= 15 is 0 Å². The molecule has 3 heterocycles. The normalized spacial score (nSPS) is 16.1. The van der Waals surface area contributed by atoms with Gasteiger partial charge >= 0.3 is 6.18 Å². The molecule has 0 amide bonds. The van der Waals surface area contributed by atoms with Gasteiger partial charge < -0.3 is 9.80 Å². The second-order valence-corrected chi connectivity index (χ2v) is 6.13. The number of anilines is 2. The van der Waals surface area contributed by atoms with Crippen molar-refractivity contribution in [2.24, 2.45) is 0 Å². The molecule has 25 heavy (non-hydrogen) atoms. The second-order valence-electron chi connectivity index (χ2n) is 6.13. The molecule has 1 saturated heterocycles. The van der Waals surface area contributed by atoms with Crippen LogP contribution in [0.25, 0.3) is 0 Å². The summed E-state index contributed by atoms with van der Waals surface area (Å²) in [5.41, 5.74) is 0.0819. The number of alkyl halides is 3. The molecule has 9 heteroatoms. The van der Waals surface area contributed by atoms with Gasteiger partial charge in [-0.2, -0.15) is 13.2 Å². The van der Waals surface area contributed by atoms with Crippen LogP contribution in [0.4, 0.5) is 25.1 Å². The Morgan fingerprint density at radius 2 is 1.76 bits per heavy atom. The molecule has 1 aliphatic heterocycles. The SMILES string of the molecule is Cc1cnc(N(C)C2CCN(c3nccc(C(F)(F)F)n3)CC2)nc1. The van der Waals surface area contributed by atoms with Crippen LogP contribution in [0, 0.1) is 6.92 Å². The molecule has 0 saturated carbocycles. The Kier molecular flexibility index (Phi) is 4.73. The monoisotopic (exact) mass is 352 g/mol. The first-order chi connectivity index (χ1) is 11.8. The minimum absolute atomic E-state index is 0.127. The summed E-state index contributed by atoms with van der Waals surface area (Å²) in [6, 6.07) is 1.11. The Bertz CT molecular complexity index is 711. The summed E-state index contributed by atoms with van der Waals surface area (Å²) in [4.78, 5) is 20.1. The van der Waals surface area contributed by atoms with Crippen LogP contribution in [-0.4, -0.2) is 46.1 Å². The number of nitrogens with zero attached hydrogens (tertiary/aromatic N) is 6. The van der Waals surface area contributed by atoms with Crippen LogP contribution in [-0.2, 0) is 6.18 Å². The van der Waals surface area contributed by atoms with Gasteiger partial charge in [-0.25, -0.2) is 19.9 Å². The predicted octanol–water partition coefficient (Wildman–Crippen LogP) is 2.70. The first kappa shape index (κ1) is 17.4. The van der Waals surface area contributed by atoms with Crippen molar-refractivity contribution in [1.29, 1.82) is 0 Å². The van der Waals surface area contributed by atoms with Crippen molar-refractivity contribution in [3.63, 3.8) is 0 Å². The fourth-order valence-corrected chi connectivity index (χ4v) is 2.84. The van der Waals surface area contributed by atoms with Crippen LogP contribution in [0.3, 0.4) is 0 Å². The fourth-order valence-electron chi connectivity index (χ4n) is 2.84. The average molecular weight is 352 g/mol. The zero-order valence-electron chi connectivity index (χ0n) is 14.0. The molecule has 3 rings (SSSR count). The van der Waals surface area contributed by atoms with E-state index < -0.39 is 11.9 Å². The molecule has 0 atom stereocenters. The van der Waals surface area contributed by atoms with Gasteiger partial charge in [-0.3, -0.25) is 0 Å². The Morgan fingerprint density at radius 1 is 1.12 bits per heavy atom. The van der Waals surface area contributed by atoms with Crippen molar-refractivity contribution in [3.8, 4) is 0 Å². The van der Waals surface area contributed by atoms with Gasteiger partial charge in [-0.15, -0.1) is 0 Å². The van der Waals surface area contributed by atoms with E-state index in [0.717, 1.165) is 30.7 Å². The number of aryl methyl sites for hydroxylation is 1. The molecule has 0 aromatic carbocycles. The third kappa shape index (κ3) is 3.97. The minimum atomic E-state index is -4.46. The van der Waals surface area contributed by atoms with Gasteiger partial charge in [-0.05, 0) is 31.4 Å². The quantitative estimate of drug-likeness (QED) is 0.847. The number of hydrogen-bond acceptors (Lipinski definition) is 6. The molecule has 2 aromatic heterocycles. The number of piperidine rings is 1. The van der Waals surface area contributed by atoms with Gasteiger partial charge in [0, 0.05) is 44.8 Å². The van der Waals surface area contributed by atoms with Gasteiger partial charge in [-0.1, -0.05) is 0 Å². The Hall–Kier alpha value is -2.45. The summed E-state index contributed by atoms with van der Waals surface area (Å²) in [5, 5.41) is 0. The first-order valence-corrected chi connectivity index (χ1v) is 8.01. The van der Waals surface area contributed by atoms with Crippen LogP contribution in [0.1, 0.15) is 24.1 Å². The molecule has 0 radical (unpaired) electrons. The Morgan fingerprint density at radius 3 is 2.36 bits per heavy atom. The summed E-state index contributed by atoms with van der Waals surface area (Å²) in [6.07, 6.45) is 1.78. The lowest BCUT2D eigenvalue weighted by Gasteiger charge is -2.36. The van der Waals surface area contributed by atoms with Crippen molar-refractivity contribution < 1.29 is 13.2 Å². The van der Waals surface area contributed by atoms with Crippen molar-refractivity contribution in [2.75, 3.05) is 29.9 Å². The number of hydrogen-bond donors (Lipinski definition) is 0. The van der Waals surface area contributed by atoms with E-state index in [1.54, 1.807) is 17.3 Å². The number of aromatic nitrogens is 4. The lowest BCUT2D eigenvalue weighted by atomic mass is 10.0. The van der Waals surface area contributed by atoms with Gasteiger partial charge in [0.2, 0.25) is 11.9 Å². The highest BCUT2D eigenvalue weighted by Crippen LogP contribution is 2.29. The summed E-state index contributed by atoms with van der Waals surface area (Å²) in [6.45, 7) is 3.10. The minimum Gasteiger partial charge on any atom is -0.341 e. The average Bonchev–Trinajstić information content (AvgIpc) is 2.61. The van der Waals surface area contributed by atoms with Gasteiger partial charge in [0.15, 0.2) is 0 Å². The van der Waals surface area contributed by atoms with Crippen LogP contribution >= 0.6 is 0 Å². The summed E-state index contributed by atoms with van der Waals surface area (Å²) in [5.74, 6) is 0.780. The standard InChI is InChI=1S/C16H19F3N6/c1-11-9-21-14(22-10-11)24(2)12-4-7-25(8-5-12)15-20-6-3-13(23-15)16(17,18)19/h3,6,9-10,12H,4-5,7-8H2,1-2H3. The maximum atomic E-state index is 12.8. The molecular weight excluding hydrogens is 333 g/mol. The summed E-state index contributed by atoms with van der Waals surface area (Å²) >= 11 is 0. The fraction of sp³-hybridized carbons (Fsp3) is 0.500. The molecule has 1 fully saturated rings. The van der Waals surface area contributed by atoms with E-state index in [4.69, 9.17) is 0 Å². The lowest BCUT2D eigenvalue weighted by molar-refractivity contribution is -0.141. The van der Waals surface area contributed by atoms with E-state index in [1.807, 2.05) is 18.9 Å². The second kappa shape index (κ2) is 6.81. The molecule has 0 spiro atoms. The van der Waals surface area contributed by atoms with E-state index in [1.165, 1.54) is 0 Å². The maximum absolute atomic E-state index is 12.8. The maximum Gasteiger partial charge on any atom is 0.433 e. The van der Waals surface area contributed by atoms with Gasteiger partial charge in [0.05, 0.1) is 0 Å². The summed E-state index contributed by atoms with van der Waals surface area (Å²) < 4.78 is 38.4. The Labute approximate surface area is 143 Å². The smallest absolute Gasteiger partial charge is 0.341 e. The van der Waals surface area contributed by atoms with Crippen LogP contribution in [0.5, 0.6) is 0 Å². The highest BCUT2D eigenvalue weighted by atomic mass is 19.4. The zero-order valence-corrected chi connectivity index (χ0v) is 14.0. The summed E-state index contributed by atoms with van der Waals surface area (Å²) in [7, 11) is 1.94. The van der Waals surface area contributed by atoms with E-state index in [2.05, 4.69) is 19.9 Å². The lowest BCUT2D eigenvalue weighted by Crippen LogP contribution is -2.44. The predicted molar refractivity (Wildman–Crippen MR) is 87.4 cm³/mol. The van der Waals surface area contributed by atoms with Gasteiger partial charge in [0.25, 0.3) is 0 Å². The molecule has 0 aliphatic carbocycles. The molecule has 1 aliphatic rings. The highest BCUT2D eigenvalue weighted by molar-refractivity contribution is 5.35. The van der Waals surface area contributed by atoms with E-state index in [9.17, 15) is 13.2 Å². The molecule has 6 nitrogen and oxygen atoms in total. The molecule has 0 bridgehead atoms. The third-order valence-corrected chi connectivity index (χ3v) is 4.31. The number of rotatable bonds is 3. The van der Waals surface area contributed by atoms with E-state index in [0.29, 0.717) is 19.0 Å². The zero-order chi connectivity index (χ0) is 18.0. The molecule has 0 unspecified atom stereocenters. The molecule has 134 valence electrons. The largest absolute Gasteiger partial charge is 0.433 e. The highest BCUT2D eigenvalue weighted by Gasteiger charge is 2.33. The van der Waals surface area contributed by atoms with Crippen molar-refractivity contribution >= 4 is 11.9 Å². The van der Waals surface area contributed by atoms with Crippen molar-refractivity contribution in [1.82, 2.24) is 19.9 Å². The van der Waals surface area contributed by atoms with E-state index in [-0.39, 0.29) is 12.0 Å². The van der Waals surface area contributed by atoms with Crippen LogP contribution in [0.15, 0.2) is 24.7 Å². The first-order valence-electron chi connectivity index (χ1n) is 8.01. The van der Waals surface area contributed by atoms with Crippen LogP contribution < -0.4 is 9.80 Å². The van der Waals surface area contributed by atoms with Crippen molar-refractivity contribution in [2.45, 2.75) is 32.0 Å². The Balaban J connectivity index is 1.65. The van der Waals surface area contributed by atoms with Crippen molar-refractivity contribution in [3.05, 3.63) is 35.9 Å². The van der Waals surface area contributed by atoms with Crippen LogP contribution in [0.2, 0.25) is 0 Å². The molecule has 2 aromatic rings. The molecule has 0 N–H and O–H groups in total.